The number of aryl methyl sites for hydroxylation is 1. The van der Waals surface area contributed by atoms with Crippen molar-refractivity contribution in [1.82, 2.24) is 15.0 Å². The fraction of sp³-hybridized carbons (Fsp3) is 0.526. The zero-order valence-electron chi connectivity index (χ0n) is 15.2. The number of ether oxygens (including phenoxy) is 1. The molecule has 1 aromatic heterocycles. The molecule has 0 radical (unpaired) electrons. The number of methoxy groups -OCH3 is 1. The molecule has 5 nitrogen and oxygen atoms in total. The van der Waals surface area contributed by atoms with Crippen LogP contribution < -0.4 is 4.74 Å². The van der Waals surface area contributed by atoms with Gasteiger partial charge in [-0.05, 0) is 25.1 Å². The van der Waals surface area contributed by atoms with E-state index in [4.69, 9.17) is 9.26 Å². The molecule has 1 aromatic carbocycles. The van der Waals surface area contributed by atoms with E-state index in [2.05, 4.69) is 22.0 Å². The molecule has 2 aromatic rings. The maximum Gasteiger partial charge on any atom is 0.151 e. The number of likely N-dealkylation sites (N-methyl/N-ethyl adjacent to an activating group) is 1. The van der Waals surface area contributed by atoms with Crippen molar-refractivity contribution >= 4 is 0 Å². The van der Waals surface area contributed by atoms with E-state index in [1.54, 1.807) is 7.11 Å². The first kappa shape index (κ1) is 17.9. The van der Waals surface area contributed by atoms with E-state index in [1.165, 1.54) is 6.07 Å². The van der Waals surface area contributed by atoms with Crippen molar-refractivity contribution in [1.29, 1.82) is 0 Å². The second kappa shape index (κ2) is 7.97. The second-order valence-electron chi connectivity index (χ2n) is 6.65. The molecule has 0 bridgehead atoms. The summed E-state index contributed by atoms with van der Waals surface area (Å²) in [4.78, 5) is 4.68. The van der Waals surface area contributed by atoms with Crippen LogP contribution in [0, 0.1) is 5.82 Å². The average Bonchev–Trinajstić information content (AvgIpc) is 3.07. The average molecular weight is 347 g/mol. The van der Waals surface area contributed by atoms with Crippen LogP contribution in [0.4, 0.5) is 4.39 Å². The van der Waals surface area contributed by atoms with E-state index in [0.29, 0.717) is 23.4 Å². The van der Waals surface area contributed by atoms with Gasteiger partial charge in [-0.2, -0.15) is 0 Å². The summed E-state index contributed by atoms with van der Waals surface area (Å²) < 4.78 is 25.0. The Labute approximate surface area is 148 Å². The molecule has 25 heavy (non-hydrogen) atoms. The Morgan fingerprint density at radius 1 is 1.20 bits per heavy atom. The highest BCUT2D eigenvalue weighted by molar-refractivity contribution is 5.68. The van der Waals surface area contributed by atoms with Crippen LogP contribution >= 0.6 is 0 Å². The minimum atomic E-state index is -0.233. The Morgan fingerprint density at radius 3 is 2.64 bits per heavy atom. The Balaban J connectivity index is 1.80. The fourth-order valence-electron chi connectivity index (χ4n) is 3.17. The van der Waals surface area contributed by atoms with E-state index in [9.17, 15) is 4.39 Å². The molecular weight excluding hydrogens is 321 g/mol. The quantitative estimate of drug-likeness (QED) is 0.803. The van der Waals surface area contributed by atoms with Crippen LogP contribution in [0.2, 0.25) is 0 Å². The first-order valence-electron chi connectivity index (χ1n) is 8.84. The summed E-state index contributed by atoms with van der Waals surface area (Å²) in [5.41, 5.74) is 2.15. The summed E-state index contributed by atoms with van der Waals surface area (Å²) in [6, 6.07) is 5.20. The summed E-state index contributed by atoms with van der Waals surface area (Å²) in [6.45, 7) is 6.94. The Bertz CT molecular complexity index is 709. The molecular formula is C19H26FN3O2. The SMILES string of the molecule is CCCc1cc(-c2cc(CN3CCN(C)CC3)on2)c(OC)cc1F. The predicted octanol–water partition coefficient (Wildman–Crippen LogP) is 3.19. The third kappa shape index (κ3) is 4.19. The van der Waals surface area contributed by atoms with Crippen molar-refractivity contribution < 1.29 is 13.7 Å². The van der Waals surface area contributed by atoms with Gasteiger partial charge in [0.1, 0.15) is 17.3 Å². The molecule has 6 heteroatoms. The summed E-state index contributed by atoms with van der Waals surface area (Å²) >= 11 is 0. The highest BCUT2D eigenvalue weighted by atomic mass is 19.1. The smallest absolute Gasteiger partial charge is 0.151 e. The van der Waals surface area contributed by atoms with Gasteiger partial charge in [-0.25, -0.2) is 4.39 Å². The predicted molar refractivity (Wildman–Crippen MR) is 95.2 cm³/mol. The number of benzene rings is 1. The van der Waals surface area contributed by atoms with E-state index < -0.39 is 0 Å². The standard InChI is InChI=1S/C19H26FN3O2/c1-4-5-14-10-16(19(24-3)12-17(14)20)18-11-15(25-21-18)13-23-8-6-22(2)7-9-23/h10-12H,4-9,13H2,1-3H3. The van der Waals surface area contributed by atoms with Crippen molar-refractivity contribution in [3.05, 3.63) is 35.3 Å². The van der Waals surface area contributed by atoms with Crippen molar-refractivity contribution in [2.24, 2.45) is 0 Å². The van der Waals surface area contributed by atoms with Gasteiger partial charge < -0.3 is 14.2 Å². The molecule has 2 heterocycles. The molecule has 0 amide bonds. The molecule has 3 rings (SSSR count). The van der Waals surface area contributed by atoms with Crippen LogP contribution in [0.15, 0.2) is 22.7 Å². The topological polar surface area (TPSA) is 41.7 Å². The van der Waals surface area contributed by atoms with Gasteiger partial charge in [0, 0.05) is 43.9 Å². The number of piperazine rings is 1. The summed E-state index contributed by atoms with van der Waals surface area (Å²) in [6.07, 6.45) is 1.57. The van der Waals surface area contributed by atoms with Gasteiger partial charge in [0.25, 0.3) is 0 Å². The van der Waals surface area contributed by atoms with Crippen LogP contribution in [0.3, 0.4) is 0 Å². The molecule has 1 aliphatic heterocycles. The lowest BCUT2D eigenvalue weighted by Gasteiger charge is -2.31. The third-order valence-electron chi connectivity index (χ3n) is 4.70. The minimum absolute atomic E-state index is 0.233. The zero-order valence-corrected chi connectivity index (χ0v) is 15.2. The summed E-state index contributed by atoms with van der Waals surface area (Å²) in [7, 11) is 3.68. The van der Waals surface area contributed by atoms with Crippen molar-refractivity contribution in [2.45, 2.75) is 26.3 Å². The first-order chi connectivity index (χ1) is 12.1. The number of halogens is 1. The van der Waals surface area contributed by atoms with E-state index in [1.807, 2.05) is 19.1 Å². The zero-order chi connectivity index (χ0) is 17.8. The molecule has 1 saturated heterocycles. The lowest BCUT2D eigenvalue weighted by atomic mass is 10.0. The number of nitrogens with zero attached hydrogens (tertiary/aromatic N) is 3. The van der Waals surface area contributed by atoms with Gasteiger partial charge in [-0.15, -0.1) is 0 Å². The summed E-state index contributed by atoms with van der Waals surface area (Å²) in [5, 5.41) is 4.19. The van der Waals surface area contributed by atoms with Crippen molar-refractivity contribution in [3.8, 4) is 17.0 Å². The molecule has 1 aliphatic rings. The molecule has 0 spiro atoms. The fourth-order valence-corrected chi connectivity index (χ4v) is 3.17. The molecule has 136 valence electrons. The monoisotopic (exact) mass is 347 g/mol. The van der Waals surface area contributed by atoms with E-state index >= 15 is 0 Å². The van der Waals surface area contributed by atoms with Gasteiger partial charge in [-0.3, -0.25) is 4.90 Å². The lowest BCUT2D eigenvalue weighted by Crippen LogP contribution is -2.43. The first-order valence-corrected chi connectivity index (χ1v) is 8.84. The van der Waals surface area contributed by atoms with Gasteiger partial charge in [-0.1, -0.05) is 18.5 Å². The molecule has 0 saturated carbocycles. The summed E-state index contributed by atoms with van der Waals surface area (Å²) in [5.74, 6) is 1.07. The van der Waals surface area contributed by atoms with Crippen molar-refractivity contribution in [2.75, 3.05) is 40.3 Å². The molecule has 0 N–H and O–H groups in total. The van der Waals surface area contributed by atoms with E-state index in [-0.39, 0.29) is 5.82 Å². The largest absolute Gasteiger partial charge is 0.496 e. The molecule has 1 fully saturated rings. The van der Waals surface area contributed by atoms with Crippen LogP contribution in [0.25, 0.3) is 11.3 Å². The third-order valence-corrected chi connectivity index (χ3v) is 4.70. The van der Waals surface area contributed by atoms with Crippen LogP contribution in [0.1, 0.15) is 24.7 Å². The lowest BCUT2D eigenvalue weighted by molar-refractivity contribution is 0.137. The van der Waals surface area contributed by atoms with E-state index in [0.717, 1.165) is 50.5 Å². The maximum atomic E-state index is 14.1. The molecule has 0 unspecified atom stereocenters. The number of rotatable bonds is 6. The highest BCUT2D eigenvalue weighted by Crippen LogP contribution is 2.32. The molecule has 0 atom stereocenters. The Hall–Kier alpha value is -1.92. The Kier molecular flexibility index (Phi) is 5.71. The van der Waals surface area contributed by atoms with Gasteiger partial charge in [0.15, 0.2) is 5.76 Å². The number of hydrogen-bond donors (Lipinski definition) is 0. The van der Waals surface area contributed by atoms with Gasteiger partial charge in [0.05, 0.1) is 13.7 Å². The highest BCUT2D eigenvalue weighted by Gasteiger charge is 2.19. The van der Waals surface area contributed by atoms with Gasteiger partial charge >= 0.3 is 0 Å². The number of aromatic nitrogens is 1. The number of hydrogen-bond acceptors (Lipinski definition) is 5. The van der Waals surface area contributed by atoms with Gasteiger partial charge in [0.2, 0.25) is 0 Å². The van der Waals surface area contributed by atoms with Crippen LogP contribution in [-0.2, 0) is 13.0 Å². The normalized spacial score (nSPS) is 16.3. The minimum Gasteiger partial charge on any atom is -0.496 e. The van der Waals surface area contributed by atoms with Crippen LogP contribution in [-0.4, -0.2) is 55.3 Å². The van der Waals surface area contributed by atoms with Crippen LogP contribution in [0.5, 0.6) is 5.75 Å². The Morgan fingerprint density at radius 2 is 1.96 bits per heavy atom. The van der Waals surface area contributed by atoms with Crippen molar-refractivity contribution in [3.63, 3.8) is 0 Å². The maximum absolute atomic E-state index is 14.1. The molecule has 0 aliphatic carbocycles. The second-order valence-corrected chi connectivity index (χ2v) is 6.65.